The second-order valence-corrected chi connectivity index (χ2v) is 1.00. The molecule has 0 atom stereocenters. The molecule has 5 heteroatoms. The van der Waals surface area contributed by atoms with Crippen molar-refractivity contribution in [1.82, 2.24) is 0 Å². The Morgan fingerprint density at radius 3 is 1.46 bits per heavy atom. The third-order valence-electron chi connectivity index (χ3n) is 0.586. The van der Waals surface area contributed by atoms with Crippen molar-refractivity contribution in [2.24, 2.45) is 0 Å². The normalized spacial score (nSPS) is 7.69. The Bertz CT molecular complexity index is 103. The Morgan fingerprint density at radius 1 is 1.00 bits per heavy atom. The van der Waals surface area contributed by atoms with Gasteiger partial charge in [-0.2, -0.15) is 6.08 Å². The fourth-order valence-electron chi connectivity index (χ4n) is 0.340. The Kier molecular flexibility index (Phi) is 132. The Morgan fingerprint density at radius 2 is 1.38 bits per heavy atom. The van der Waals surface area contributed by atoms with Gasteiger partial charge < -0.3 is 38.4 Å². The minimum atomic E-state index is 0. The number of rotatable bonds is 0. The largest absolute Gasteiger partial charge is 2.00 e. The second-order valence-electron chi connectivity index (χ2n) is 1.00. The maximum Gasteiger partial charge on any atom is 2.00 e. The van der Waals surface area contributed by atoms with Gasteiger partial charge in [-0.25, -0.2) is 12.2 Å². The molecule has 0 saturated heterocycles. The van der Waals surface area contributed by atoms with Crippen molar-refractivity contribution in [2.75, 3.05) is 0 Å². The summed E-state index contributed by atoms with van der Waals surface area (Å²) in [6.07, 6.45) is 10.0. The zero-order valence-electron chi connectivity index (χ0n) is 7.07. The molecule has 0 bridgehead atoms. The molecular formula is C8H11IMoO3. The van der Waals surface area contributed by atoms with Crippen LogP contribution in [0.5, 0.6) is 0 Å². The third-order valence-corrected chi connectivity index (χ3v) is 0.586. The van der Waals surface area contributed by atoms with Crippen molar-refractivity contribution in [1.29, 1.82) is 0 Å². The molecule has 1 rings (SSSR count). The molecule has 13 heavy (non-hydrogen) atoms. The van der Waals surface area contributed by atoms with Crippen LogP contribution < -0.4 is 24.0 Å². The van der Waals surface area contributed by atoms with Crippen LogP contribution in [0.15, 0.2) is 18.2 Å². The van der Waals surface area contributed by atoms with E-state index in [9.17, 15) is 0 Å². The van der Waals surface area contributed by atoms with E-state index in [1.807, 2.05) is 32.5 Å². The monoisotopic (exact) mass is 380 g/mol. The van der Waals surface area contributed by atoms with Crippen LogP contribution in [-0.2, 0) is 35.4 Å². The van der Waals surface area contributed by atoms with Crippen LogP contribution in [-0.4, -0.2) is 20.4 Å². The molecule has 0 unspecified atom stereocenters. The Labute approximate surface area is 110 Å². The second kappa shape index (κ2) is 58.8. The molecule has 0 heterocycles. The average molecular weight is 378 g/mol. The first kappa shape index (κ1) is 29.3. The summed E-state index contributed by atoms with van der Waals surface area (Å²) in [4.78, 5) is 24.0. The molecule has 0 aromatic heterocycles. The summed E-state index contributed by atoms with van der Waals surface area (Å²) in [5, 5.41) is 0. The Balaban J connectivity index is -0.0000000239. The van der Waals surface area contributed by atoms with E-state index in [-0.39, 0.29) is 45.0 Å². The zero-order valence-corrected chi connectivity index (χ0v) is 11.2. The number of hydrogen-bond donors (Lipinski definition) is 0. The smallest absolute Gasteiger partial charge is 1.00 e. The van der Waals surface area contributed by atoms with Crippen molar-refractivity contribution in [3.63, 3.8) is 0 Å². The fourth-order valence-corrected chi connectivity index (χ4v) is 0.340. The van der Waals surface area contributed by atoms with Gasteiger partial charge in [-0.05, 0) is 0 Å². The molecule has 0 aromatic rings. The predicted molar refractivity (Wildman–Crippen MR) is 42.9 cm³/mol. The summed E-state index contributed by atoms with van der Waals surface area (Å²) in [6, 6.07) is 0. The van der Waals surface area contributed by atoms with Gasteiger partial charge in [0.25, 0.3) is 0 Å². The first-order chi connectivity index (χ1) is 5.50. The van der Waals surface area contributed by atoms with Crippen LogP contribution >= 0.6 is 0 Å². The summed E-state index contributed by atoms with van der Waals surface area (Å²) < 4.78 is 0. The maximum absolute atomic E-state index is 8.00. The molecule has 0 radical (unpaired) electrons. The molecule has 1 aliphatic rings. The van der Waals surface area contributed by atoms with Gasteiger partial charge >= 0.3 is 21.1 Å². The molecular weight excluding hydrogens is 367 g/mol. The van der Waals surface area contributed by atoms with E-state index in [1.54, 1.807) is 0 Å². The van der Waals surface area contributed by atoms with E-state index >= 15 is 0 Å². The maximum atomic E-state index is 8.00. The van der Waals surface area contributed by atoms with Crippen LogP contribution in [0, 0.1) is 6.08 Å². The first-order valence-corrected chi connectivity index (χ1v) is 2.58. The van der Waals surface area contributed by atoms with Crippen molar-refractivity contribution in [2.45, 2.75) is 6.42 Å². The quantitative estimate of drug-likeness (QED) is 0.272. The summed E-state index contributed by atoms with van der Waals surface area (Å²) in [5.74, 6) is 0. The Hall–Kier alpha value is -0.0917. The summed E-state index contributed by atoms with van der Waals surface area (Å²) in [7, 11) is 0. The van der Waals surface area contributed by atoms with Crippen molar-refractivity contribution in [3.05, 3.63) is 24.3 Å². The molecule has 0 spiro atoms. The first-order valence-electron chi connectivity index (χ1n) is 2.58. The van der Waals surface area contributed by atoms with Gasteiger partial charge in [0, 0.05) is 0 Å². The predicted octanol–water partition coefficient (Wildman–Crippen LogP) is -2.25. The topological polar surface area (TPSA) is 51.2 Å². The van der Waals surface area contributed by atoms with Gasteiger partial charge in [-0.3, -0.25) is 6.08 Å². The minimum absolute atomic E-state index is 0. The SMILES string of the molecule is C=O.C=O.C=O.[C-]1=CC=CC1.[I-].[Mo+2]. The van der Waals surface area contributed by atoms with Crippen LogP contribution in [0.4, 0.5) is 0 Å². The van der Waals surface area contributed by atoms with Crippen LogP contribution in [0.2, 0.25) is 0 Å². The average Bonchev–Trinajstić information content (AvgIpc) is 2.71. The van der Waals surface area contributed by atoms with E-state index < -0.39 is 0 Å². The van der Waals surface area contributed by atoms with Crippen molar-refractivity contribution >= 4 is 20.4 Å². The molecule has 74 valence electrons. The number of halogens is 1. The van der Waals surface area contributed by atoms with Crippen LogP contribution in [0.25, 0.3) is 0 Å². The number of carbonyl (C=O) groups excluding carboxylic acids is 3. The van der Waals surface area contributed by atoms with Gasteiger partial charge in [0.1, 0.15) is 20.4 Å². The van der Waals surface area contributed by atoms with Crippen LogP contribution in [0.1, 0.15) is 6.42 Å². The molecule has 0 saturated carbocycles. The molecule has 0 fully saturated rings. The van der Waals surface area contributed by atoms with Crippen molar-refractivity contribution < 1.29 is 59.4 Å². The summed E-state index contributed by atoms with van der Waals surface area (Å²) >= 11 is 0. The number of hydrogen-bond acceptors (Lipinski definition) is 3. The van der Waals surface area contributed by atoms with E-state index in [4.69, 9.17) is 14.4 Å². The van der Waals surface area contributed by atoms with Gasteiger partial charge in [-0.15, -0.1) is 6.42 Å². The van der Waals surface area contributed by atoms with E-state index in [1.165, 1.54) is 0 Å². The van der Waals surface area contributed by atoms with Crippen LogP contribution in [0.3, 0.4) is 0 Å². The molecule has 0 N–H and O–H groups in total. The van der Waals surface area contributed by atoms with Gasteiger partial charge in [-0.1, -0.05) is 0 Å². The summed E-state index contributed by atoms with van der Waals surface area (Å²) in [6.45, 7) is 6.00. The number of carbonyl (C=O) groups is 3. The minimum Gasteiger partial charge on any atom is -1.00 e. The fraction of sp³-hybridized carbons (Fsp3) is 0.125. The molecule has 3 nitrogen and oxygen atoms in total. The molecule has 0 aromatic carbocycles. The number of allylic oxidation sites excluding steroid dienone is 4. The van der Waals surface area contributed by atoms with E-state index in [0.29, 0.717) is 0 Å². The zero-order chi connectivity index (χ0) is 9.54. The molecule has 1 aliphatic carbocycles. The van der Waals surface area contributed by atoms with Crippen molar-refractivity contribution in [3.8, 4) is 0 Å². The van der Waals surface area contributed by atoms with Gasteiger partial charge in [0.05, 0.1) is 0 Å². The summed E-state index contributed by atoms with van der Waals surface area (Å²) in [5.41, 5.74) is 0. The molecule has 0 aliphatic heterocycles. The van der Waals surface area contributed by atoms with Gasteiger partial charge in [0.2, 0.25) is 0 Å². The van der Waals surface area contributed by atoms with E-state index in [2.05, 4.69) is 12.2 Å². The standard InChI is InChI=1S/C5H5.3CH2O.HI.Mo/c1-2-4-5-3-1;3*1-2;;/h1-3H,4H2;3*1H2;1H;/q-1;;;;;+2/p-1. The van der Waals surface area contributed by atoms with Gasteiger partial charge in [0.15, 0.2) is 0 Å². The van der Waals surface area contributed by atoms with E-state index in [0.717, 1.165) is 6.42 Å². The molecule has 0 amide bonds. The third kappa shape index (κ3) is 48.5.